The maximum Gasteiger partial charge on any atom is 0.522 e. The molecule has 1 aliphatic heterocycles. The summed E-state index contributed by atoms with van der Waals surface area (Å²) in [6.07, 6.45) is -10.6. The standard InChI is InChI=1S/C20H21F6N3O5S/c1-10-7-11(3-4-29(10)18(31)32-5-6-33-20(24,25)26)34-14-8-13(19(21,22)23)16-15(28-14)12(9-35-16)17(30)27-2/h8-11H,3-7H2,1-2H3,(H,27,30)/t10-,11+/m0/s1. The van der Waals surface area contributed by atoms with Crippen LogP contribution in [0.2, 0.25) is 0 Å². The number of amides is 2. The average Bonchev–Trinajstić information content (AvgIpc) is 3.18. The molecule has 0 radical (unpaired) electrons. The van der Waals surface area contributed by atoms with Crippen LogP contribution in [0, 0.1) is 0 Å². The summed E-state index contributed by atoms with van der Waals surface area (Å²) < 4.78 is 90.8. The van der Waals surface area contributed by atoms with Gasteiger partial charge in [0.1, 0.15) is 12.7 Å². The number of nitrogens with one attached hydrogen (secondary N) is 1. The van der Waals surface area contributed by atoms with Crippen molar-refractivity contribution in [2.24, 2.45) is 0 Å². The predicted molar refractivity (Wildman–Crippen MR) is 111 cm³/mol. The van der Waals surface area contributed by atoms with Crippen LogP contribution in [0.3, 0.4) is 0 Å². The van der Waals surface area contributed by atoms with Crippen molar-refractivity contribution in [1.82, 2.24) is 15.2 Å². The Balaban J connectivity index is 1.69. The summed E-state index contributed by atoms with van der Waals surface area (Å²) in [5.74, 6) is -0.902. The van der Waals surface area contributed by atoms with Crippen LogP contribution in [0.15, 0.2) is 11.4 Å². The minimum Gasteiger partial charge on any atom is -0.474 e. The van der Waals surface area contributed by atoms with Gasteiger partial charge in [-0.05, 0) is 6.92 Å². The van der Waals surface area contributed by atoms with Gasteiger partial charge in [0.2, 0.25) is 5.88 Å². The van der Waals surface area contributed by atoms with E-state index in [1.165, 1.54) is 17.3 Å². The van der Waals surface area contributed by atoms with E-state index in [4.69, 9.17) is 9.47 Å². The zero-order chi connectivity index (χ0) is 26.0. The third-order valence-corrected chi connectivity index (χ3v) is 6.20. The number of thiophene rings is 1. The molecule has 0 bridgehead atoms. The molecule has 2 aromatic rings. The van der Waals surface area contributed by atoms with Gasteiger partial charge in [-0.1, -0.05) is 0 Å². The van der Waals surface area contributed by atoms with E-state index in [9.17, 15) is 35.9 Å². The lowest BCUT2D eigenvalue weighted by Crippen LogP contribution is -2.47. The third-order valence-electron chi connectivity index (χ3n) is 5.20. The lowest BCUT2D eigenvalue weighted by molar-refractivity contribution is -0.326. The van der Waals surface area contributed by atoms with E-state index in [-0.39, 0.29) is 41.0 Å². The molecule has 2 aromatic heterocycles. The molecular formula is C20H21F6N3O5S. The van der Waals surface area contributed by atoms with Crippen LogP contribution in [0.4, 0.5) is 31.1 Å². The van der Waals surface area contributed by atoms with E-state index in [2.05, 4.69) is 15.0 Å². The van der Waals surface area contributed by atoms with Crippen molar-refractivity contribution in [3.63, 3.8) is 0 Å². The number of pyridine rings is 1. The molecular weight excluding hydrogens is 508 g/mol. The summed E-state index contributed by atoms with van der Waals surface area (Å²) in [6.45, 7) is 0.296. The lowest BCUT2D eigenvalue weighted by Gasteiger charge is -2.36. The number of rotatable bonds is 6. The second kappa shape index (κ2) is 10.4. The van der Waals surface area contributed by atoms with Crippen LogP contribution in [0.25, 0.3) is 10.2 Å². The Morgan fingerprint density at radius 2 is 1.94 bits per heavy atom. The SMILES string of the molecule is CNC(=O)c1csc2c(C(F)(F)F)cc(O[C@@H]3CCN(C(=O)OCCOC(F)(F)F)[C@@H](C)C3)nc12. The number of nitrogens with zero attached hydrogens (tertiary/aromatic N) is 2. The number of hydrogen-bond acceptors (Lipinski definition) is 7. The molecule has 1 saturated heterocycles. The summed E-state index contributed by atoms with van der Waals surface area (Å²) in [6, 6.07) is 0.302. The van der Waals surface area contributed by atoms with Crippen molar-refractivity contribution in [2.75, 3.05) is 26.8 Å². The predicted octanol–water partition coefficient (Wildman–Crippen LogP) is 4.58. The molecule has 3 rings (SSSR count). The molecule has 1 fully saturated rings. The fourth-order valence-electron chi connectivity index (χ4n) is 3.60. The molecule has 2 atom stereocenters. The molecule has 8 nitrogen and oxygen atoms in total. The minimum absolute atomic E-state index is 0.0103. The molecule has 0 aliphatic carbocycles. The van der Waals surface area contributed by atoms with Crippen LogP contribution in [-0.4, -0.2) is 67.2 Å². The van der Waals surface area contributed by atoms with Crippen LogP contribution in [0.5, 0.6) is 5.88 Å². The third kappa shape index (κ3) is 6.66. The number of hydrogen-bond donors (Lipinski definition) is 1. The van der Waals surface area contributed by atoms with Crippen molar-refractivity contribution in [3.8, 4) is 5.88 Å². The molecule has 0 saturated carbocycles. The Morgan fingerprint density at radius 1 is 1.23 bits per heavy atom. The molecule has 3 heterocycles. The molecule has 15 heteroatoms. The minimum atomic E-state index is -4.83. The van der Waals surface area contributed by atoms with Gasteiger partial charge in [-0.15, -0.1) is 24.5 Å². The van der Waals surface area contributed by atoms with Crippen LogP contribution in [0.1, 0.15) is 35.7 Å². The maximum absolute atomic E-state index is 13.7. The zero-order valence-corrected chi connectivity index (χ0v) is 19.3. The number of ether oxygens (including phenoxy) is 3. The van der Waals surface area contributed by atoms with Gasteiger partial charge in [-0.2, -0.15) is 13.2 Å². The highest BCUT2D eigenvalue weighted by Crippen LogP contribution is 2.40. The number of fused-ring (bicyclic) bond motifs is 1. The summed E-state index contributed by atoms with van der Waals surface area (Å²) in [4.78, 5) is 29.6. The largest absolute Gasteiger partial charge is 0.522 e. The van der Waals surface area contributed by atoms with Crippen molar-refractivity contribution in [3.05, 3.63) is 22.6 Å². The number of aromatic nitrogens is 1. The molecule has 0 aromatic carbocycles. The normalized spacial score (nSPS) is 19.0. The molecule has 1 N–H and O–H groups in total. The highest BCUT2D eigenvalue weighted by Gasteiger charge is 2.37. The molecule has 0 spiro atoms. The van der Waals surface area contributed by atoms with E-state index >= 15 is 0 Å². The van der Waals surface area contributed by atoms with Gasteiger partial charge in [-0.25, -0.2) is 9.78 Å². The van der Waals surface area contributed by atoms with Crippen molar-refractivity contribution in [1.29, 1.82) is 0 Å². The van der Waals surface area contributed by atoms with Gasteiger partial charge < -0.3 is 19.7 Å². The van der Waals surface area contributed by atoms with Crippen LogP contribution in [-0.2, 0) is 15.7 Å². The Bertz CT molecular complexity index is 1070. The fraction of sp³-hybridized carbons (Fsp3) is 0.550. The topological polar surface area (TPSA) is 90.0 Å². The van der Waals surface area contributed by atoms with Crippen LogP contribution >= 0.6 is 11.3 Å². The highest BCUT2D eigenvalue weighted by atomic mass is 32.1. The number of alkyl halides is 6. The van der Waals surface area contributed by atoms with Crippen molar-refractivity contribution in [2.45, 2.75) is 44.4 Å². The Labute approximate surface area is 199 Å². The quantitative estimate of drug-likeness (QED) is 0.435. The molecule has 0 unspecified atom stereocenters. The van der Waals surface area contributed by atoms with Crippen LogP contribution < -0.4 is 10.1 Å². The van der Waals surface area contributed by atoms with Crippen molar-refractivity contribution < 1.29 is 50.1 Å². The second-order valence-electron chi connectivity index (χ2n) is 7.63. The van der Waals surface area contributed by atoms with Gasteiger partial charge in [0, 0.05) is 43.9 Å². The number of likely N-dealkylation sites (tertiary alicyclic amines) is 1. The second-order valence-corrected chi connectivity index (χ2v) is 8.51. The van der Waals surface area contributed by atoms with Gasteiger partial charge in [-0.3, -0.25) is 9.53 Å². The Kier molecular flexibility index (Phi) is 7.99. The first-order chi connectivity index (χ1) is 16.3. The first-order valence-electron chi connectivity index (χ1n) is 10.3. The van der Waals surface area contributed by atoms with E-state index in [0.717, 1.165) is 17.4 Å². The zero-order valence-electron chi connectivity index (χ0n) is 18.5. The Hall–Kier alpha value is -2.81. The molecule has 35 heavy (non-hydrogen) atoms. The molecule has 2 amide bonds. The summed E-state index contributed by atoms with van der Waals surface area (Å²) in [5, 5.41) is 3.65. The lowest BCUT2D eigenvalue weighted by atomic mass is 10.0. The maximum atomic E-state index is 13.7. The number of carbonyl (C=O) groups is 2. The monoisotopic (exact) mass is 529 g/mol. The van der Waals surface area contributed by atoms with E-state index in [1.54, 1.807) is 6.92 Å². The summed E-state index contributed by atoms with van der Waals surface area (Å²) in [5.41, 5.74) is -1.12. The van der Waals surface area contributed by atoms with Gasteiger partial charge >= 0.3 is 18.6 Å². The smallest absolute Gasteiger partial charge is 0.474 e. The van der Waals surface area contributed by atoms with E-state index in [0.29, 0.717) is 0 Å². The highest BCUT2D eigenvalue weighted by molar-refractivity contribution is 7.17. The number of piperidine rings is 1. The van der Waals surface area contributed by atoms with Gasteiger partial charge in [0.25, 0.3) is 5.91 Å². The number of halogens is 6. The first kappa shape index (κ1) is 26.8. The summed E-state index contributed by atoms with van der Waals surface area (Å²) in [7, 11) is 1.35. The molecule has 194 valence electrons. The fourth-order valence-corrected chi connectivity index (χ4v) is 4.62. The molecule has 1 aliphatic rings. The average molecular weight is 529 g/mol. The van der Waals surface area contributed by atoms with Gasteiger partial charge in [0.15, 0.2) is 0 Å². The first-order valence-corrected chi connectivity index (χ1v) is 11.2. The summed E-state index contributed by atoms with van der Waals surface area (Å²) >= 11 is 0.751. The number of carbonyl (C=O) groups excluding carboxylic acids is 2. The van der Waals surface area contributed by atoms with E-state index in [1.807, 2.05) is 0 Å². The van der Waals surface area contributed by atoms with E-state index < -0.39 is 55.5 Å². The van der Waals surface area contributed by atoms with Crippen molar-refractivity contribution >= 4 is 33.6 Å². The Morgan fingerprint density at radius 3 is 2.54 bits per heavy atom. The van der Waals surface area contributed by atoms with Gasteiger partial charge in [0.05, 0.1) is 28.0 Å².